The van der Waals surface area contributed by atoms with Crippen LogP contribution in [0.1, 0.15) is 27.7 Å². The van der Waals surface area contributed by atoms with Crippen molar-refractivity contribution in [3.05, 3.63) is 0 Å². The maximum Gasteiger partial charge on any atom is 0.217 e. The molecule has 30 atom stereocenters. The van der Waals surface area contributed by atoms with Gasteiger partial charge in [-0.05, 0) is 6.92 Å². The minimum atomic E-state index is -2.13. The van der Waals surface area contributed by atoms with Gasteiger partial charge >= 0.3 is 0 Å². The van der Waals surface area contributed by atoms with Gasteiger partial charge < -0.3 is 150 Å². The maximum atomic E-state index is 12.5. The molecule has 6 aliphatic heterocycles. The van der Waals surface area contributed by atoms with Crippen LogP contribution in [0.3, 0.4) is 0 Å². The van der Waals surface area contributed by atoms with Gasteiger partial charge in [-0.15, -0.1) is 0 Å². The zero-order valence-electron chi connectivity index (χ0n) is 41.4. The van der Waals surface area contributed by atoms with Crippen molar-refractivity contribution in [2.75, 3.05) is 39.6 Å². The predicted molar refractivity (Wildman–Crippen MR) is 237 cm³/mol. The Hall–Kier alpha value is -2.67. The molecule has 6 fully saturated rings. The first-order chi connectivity index (χ1) is 35.9. The summed E-state index contributed by atoms with van der Waals surface area (Å²) in [5.41, 5.74) is 0. The van der Waals surface area contributed by atoms with E-state index in [-0.39, 0.29) is 0 Å². The monoisotopic (exact) mass is 1110 g/mol. The molecule has 33 nitrogen and oxygen atoms in total. The van der Waals surface area contributed by atoms with Crippen LogP contribution < -0.4 is 16.0 Å². The second kappa shape index (κ2) is 27.2. The first kappa shape index (κ1) is 62.5. The fourth-order valence-electron chi connectivity index (χ4n) is 9.86. The largest absolute Gasteiger partial charge is 0.394 e. The molecule has 3 amide bonds. The number of carbonyl (C=O) groups excluding carboxylic acids is 3. The van der Waals surface area contributed by atoms with Crippen LogP contribution in [0.5, 0.6) is 0 Å². The zero-order valence-corrected chi connectivity index (χ0v) is 41.4. The van der Waals surface area contributed by atoms with Crippen molar-refractivity contribution in [1.82, 2.24) is 16.0 Å². The number of nitrogens with one attached hydrogen (secondary N) is 3. The Morgan fingerprint density at radius 1 is 0.355 bits per heavy atom. The normalized spacial score (nSPS) is 48.2. The van der Waals surface area contributed by atoms with Crippen LogP contribution >= 0.6 is 0 Å². The molecule has 6 saturated heterocycles. The number of rotatable bonds is 19. The summed E-state index contributed by atoms with van der Waals surface area (Å²) in [6.45, 7) is -0.577. The highest BCUT2D eigenvalue weighted by atomic mass is 16.8. The van der Waals surface area contributed by atoms with Gasteiger partial charge in [-0.1, -0.05) is 0 Å². The molecule has 33 heteroatoms. The van der Waals surface area contributed by atoms with Gasteiger partial charge in [0, 0.05) is 20.8 Å². The second-order valence-corrected chi connectivity index (χ2v) is 19.3. The van der Waals surface area contributed by atoms with Gasteiger partial charge in [0.25, 0.3) is 0 Å². The van der Waals surface area contributed by atoms with Gasteiger partial charge in [0.15, 0.2) is 31.5 Å². The first-order valence-electron chi connectivity index (χ1n) is 24.4. The Labute approximate surface area is 432 Å². The predicted octanol–water partition coefficient (Wildman–Crippen LogP) is -12.6. The number of aliphatic hydroxyl groups is 16. The lowest BCUT2D eigenvalue weighted by Gasteiger charge is -2.50. The fraction of sp³-hybridized carbons (Fsp3) is 0.930. The van der Waals surface area contributed by atoms with Crippen molar-refractivity contribution in [2.24, 2.45) is 0 Å². The third kappa shape index (κ3) is 13.7. The molecular formula is C43H73N3O30. The summed E-state index contributed by atoms with van der Waals surface area (Å²) in [4.78, 5) is 36.9. The second-order valence-electron chi connectivity index (χ2n) is 19.3. The quantitative estimate of drug-likeness (QED) is 0.0571. The van der Waals surface area contributed by atoms with Crippen molar-refractivity contribution in [3.63, 3.8) is 0 Å². The Kier molecular flexibility index (Phi) is 22.4. The van der Waals surface area contributed by atoms with Crippen LogP contribution in [0, 0.1) is 0 Å². The van der Waals surface area contributed by atoms with Crippen molar-refractivity contribution in [3.8, 4) is 0 Å². The summed E-state index contributed by atoms with van der Waals surface area (Å²) >= 11 is 0. The van der Waals surface area contributed by atoms with E-state index in [4.69, 9.17) is 52.1 Å². The van der Waals surface area contributed by atoms with E-state index in [9.17, 15) is 96.1 Å². The minimum absolute atomic E-state index is 0.542. The molecule has 0 radical (unpaired) electrons. The standard InChI is InChI=1S/C43H73N3O30/c1-11-21(44-12(2)52)27(58)35(17(7-49)67-11)73-39-22(45-13(3)53)28(59)37(18(8-50)70-39)75-42-34(65)31(62)26(57)20(72-42)10-66-43-38(32(63)25(56)16(6-48)69-43)76-40-23(46-14(4)54)29(60)36(19(9-51)71-40)74-41-33(64)30(61)24(55)15(5-47)68-41/h11,15-43,47-51,55-65H,5-10H2,1-4H3,(H,44,52)(H,45,53)(H,46,54)/t11-,15?,16?,17?,18?,19-,20?,21+,22-,23?,24-,25+,26+,27?,28?,29?,30?,31?,32?,33-,34+,35+,36+,37+,38?,39-,40-,41-,42-,43-/m0/s1. The Bertz CT molecular complexity index is 1870. The van der Waals surface area contributed by atoms with E-state index in [0.717, 1.165) is 13.8 Å². The van der Waals surface area contributed by atoms with Crippen LogP contribution in [-0.2, 0) is 66.5 Å². The fourth-order valence-corrected chi connectivity index (χ4v) is 9.86. The summed E-state index contributed by atoms with van der Waals surface area (Å²) in [5, 5.41) is 179. The summed E-state index contributed by atoms with van der Waals surface area (Å²) in [6, 6.07) is -4.42. The number of amides is 3. The highest BCUT2D eigenvalue weighted by Crippen LogP contribution is 2.36. The molecule has 0 bridgehead atoms. The molecule has 6 rings (SSSR count). The topological polar surface area (TPSA) is 513 Å². The number of ether oxygens (including phenoxy) is 11. The van der Waals surface area contributed by atoms with E-state index in [0.29, 0.717) is 0 Å². The van der Waals surface area contributed by atoms with Crippen LogP contribution in [-0.4, -0.2) is 323 Å². The molecule has 0 aromatic rings. The molecule has 76 heavy (non-hydrogen) atoms. The molecule has 6 heterocycles. The van der Waals surface area contributed by atoms with E-state index in [1.165, 1.54) is 13.8 Å². The maximum absolute atomic E-state index is 12.5. The SMILES string of the molecule is CC(=O)NC1C(O)[C@H](O[C@@H]2OC(CO)[C@H](O)C(O)[C@@H]2O)[C@H](CO)O[C@H]1OC1C(O)[C@H](O)C(CO)O[C@@H]1OCC1O[C@@H](O[C@@H]2C(CO)O[C@@H](O[C@@H]3C(CO)O[C@@H](C)[C@@H](NC(C)=O)C3O)[C@@H](NC(C)=O)C2O)[C@H](O)C(O)[C@@H]1O. The number of hydrogen-bond acceptors (Lipinski definition) is 30. The van der Waals surface area contributed by atoms with Crippen molar-refractivity contribution >= 4 is 17.7 Å². The Balaban J connectivity index is 1.19. The van der Waals surface area contributed by atoms with Crippen LogP contribution in [0.15, 0.2) is 0 Å². The zero-order chi connectivity index (χ0) is 56.2. The average Bonchev–Trinajstić information content (AvgIpc) is 3.38. The number of carbonyl (C=O) groups is 3. The van der Waals surface area contributed by atoms with Crippen LogP contribution in [0.25, 0.3) is 0 Å². The van der Waals surface area contributed by atoms with Gasteiger partial charge in [-0.2, -0.15) is 0 Å². The molecule has 6 aliphatic rings. The average molecular weight is 1110 g/mol. The minimum Gasteiger partial charge on any atom is -0.394 e. The molecule has 19 N–H and O–H groups in total. The molecule has 0 saturated carbocycles. The molecule has 0 spiro atoms. The van der Waals surface area contributed by atoms with Crippen molar-refractivity contribution in [2.45, 2.75) is 212 Å². The van der Waals surface area contributed by atoms with Gasteiger partial charge in [0.1, 0.15) is 140 Å². The Morgan fingerprint density at radius 3 is 1.09 bits per heavy atom. The van der Waals surface area contributed by atoms with E-state index in [1.54, 1.807) is 0 Å². The third-order valence-electron chi connectivity index (χ3n) is 13.9. The van der Waals surface area contributed by atoms with E-state index >= 15 is 0 Å². The first-order valence-corrected chi connectivity index (χ1v) is 24.4. The Morgan fingerprint density at radius 2 is 0.671 bits per heavy atom. The number of hydrogen-bond donors (Lipinski definition) is 19. The molecule has 13 unspecified atom stereocenters. The van der Waals surface area contributed by atoms with Crippen LogP contribution in [0.4, 0.5) is 0 Å². The van der Waals surface area contributed by atoms with Gasteiger partial charge in [0.05, 0.1) is 51.8 Å². The smallest absolute Gasteiger partial charge is 0.217 e. The lowest BCUT2D eigenvalue weighted by molar-refractivity contribution is -0.379. The third-order valence-corrected chi connectivity index (χ3v) is 13.9. The highest BCUT2D eigenvalue weighted by Gasteiger charge is 2.57. The molecule has 0 aromatic carbocycles. The lowest BCUT2D eigenvalue weighted by Crippen LogP contribution is -2.70. The molecule has 0 aromatic heterocycles. The van der Waals surface area contributed by atoms with E-state index < -0.39 is 241 Å². The number of aliphatic hydroxyl groups excluding tert-OH is 16. The van der Waals surface area contributed by atoms with Crippen molar-refractivity contribution in [1.29, 1.82) is 0 Å². The summed E-state index contributed by atoms with van der Waals surface area (Å²) < 4.78 is 63.9. The molecular weight excluding hydrogens is 1040 g/mol. The highest BCUT2D eigenvalue weighted by molar-refractivity contribution is 5.74. The molecule has 0 aliphatic carbocycles. The van der Waals surface area contributed by atoms with E-state index in [1.807, 2.05) is 0 Å². The summed E-state index contributed by atoms with van der Waals surface area (Å²) in [5.74, 6) is -2.13. The summed E-state index contributed by atoms with van der Waals surface area (Å²) in [6.07, 6.45) is -48.2. The lowest BCUT2D eigenvalue weighted by atomic mass is 9.92. The molecule has 440 valence electrons. The van der Waals surface area contributed by atoms with Gasteiger partial charge in [-0.25, -0.2) is 0 Å². The van der Waals surface area contributed by atoms with Crippen molar-refractivity contribution < 1.29 is 148 Å². The van der Waals surface area contributed by atoms with Crippen LogP contribution in [0.2, 0.25) is 0 Å². The van der Waals surface area contributed by atoms with E-state index in [2.05, 4.69) is 16.0 Å². The van der Waals surface area contributed by atoms with Gasteiger partial charge in [0.2, 0.25) is 17.7 Å². The summed E-state index contributed by atoms with van der Waals surface area (Å²) in [7, 11) is 0. The van der Waals surface area contributed by atoms with Gasteiger partial charge in [-0.3, -0.25) is 14.4 Å².